The van der Waals surface area contributed by atoms with Gasteiger partial charge in [-0.1, -0.05) is 6.07 Å². The maximum absolute atomic E-state index is 11.5. The van der Waals surface area contributed by atoms with Gasteiger partial charge in [0.15, 0.2) is 9.84 Å². The number of aromatic nitrogens is 1. The standard InChI is InChI=1S/C19H17NO4S/c1-13-9-15(14-7-8-20-19(21)12-14)11-17(10-13)24-16-3-5-18(6-4-16)25(2,22)23/h3-12H,1-2H3,(H,20,21). The molecule has 0 bridgehead atoms. The first kappa shape index (κ1) is 17.0. The van der Waals surface area contributed by atoms with Gasteiger partial charge in [0, 0.05) is 18.5 Å². The summed E-state index contributed by atoms with van der Waals surface area (Å²) in [5, 5.41) is 0. The van der Waals surface area contributed by atoms with Crippen molar-refractivity contribution in [2.75, 3.05) is 6.26 Å². The lowest BCUT2D eigenvalue weighted by atomic mass is 10.0. The monoisotopic (exact) mass is 355 g/mol. The van der Waals surface area contributed by atoms with Crippen LogP contribution in [0, 0.1) is 6.92 Å². The first-order valence-electron chi connectivity index (χ1n) is 7.60. The molecule has 0 aliphatic heterocycles. The van der Waals surface area contributed by atoms with Gasteiger partial charge in [0.05, 0.1) is 4.90 Å². The zero-order valence-corrected chi connectivity index (χ0v) is 14.6. The van der Waals surface area contributed by atoms with Crippen LogP contribution in [0.5, 0.6) is 11.5 Å². The van der Waals surface area contributed by atoms with Gasteiger partial charge in [0.1, 0.15) is 11.5 Å². The third-order valence-electron chi connectivity index (χ3n) is 3.65. The third kappa shape index (κ3) is 4.16. The summed E-state index contributed by atoms with van der Waals surface area (Å²) in [6, 6.07) is 15.3. The molecule has 25 heavy (non-hydrogen) atoms. The van der Waals surface area contributed by atoms with Gasteiger partial charge in [0.2, 0.25) is 5.56 Å². The fraction of sp³-hybridized carbons (Fsp3) is 0.105. The number of rotatable bonds is 4. The summed E-state index contributed by atoms with van der Waals surface area (Å²) in [5.74, 6) is 1.15. The SMILES string of the molecule is Cc1cc(Oc2ccc(S(C)(=O)=O)cc2)cc(-c2cc[nH]c(=O)c2)c1. The van der Waals surface area contributed by atoms with Crippen molar-refractivity contribution in [2.24, 2.45) is 0 Å². The van der Waals surface area contributed by atoms with E-state index in [2.05, 4.69) is 4.98 Å². The predicted molar refractivity (Wildman–Crippen MR) is 96.9 cm³/mol. The third-order valence-corrected chi connectivity index (χ3v) is 4.78. The number of sulfone groups is 1. The number of pyridine rings is 1. The van der Waals surface area contributed by atoms with E-state index in [1.165, 1.54) is 18.2 Å². The normalized spacial score (nSPS) is 11.3. The molecule has 0 unspecified atom stereocenters. The molecule has 0 amide bonds. The smallest absolute Gasteiger partial charge is 0.248 e. The summed E-state index contributed by atoms with van der Waals surface area (Å²) in [4.78, 5) is 14.3. The van der Waals surface area contributed by atoms with Crippen LogP contribution in [0.25, 0.3) is 11.1 Å². The van der Waals surface area contributed by atoms with Crippen LogP contribution >= 0.6 is 0 Å². The highest BCUT2D eigenvalue weighted by Crippen LogP contribution is 2.29. The van der Waals surface area contributed by atoms with Gasteiger partial charge in [-0.15, -0.1) is 0 Å². The van der Waals surface area contributed by atoms with Crippen molar-refractivity contribution in [3.8, 4) is 22.6 Å². The molecule has 0 saturated heterocycles. The van der Waals surface area contributed by atoms with Crippen molar-refractivity contribution < 1.29 is 13.2 Å². The van der Waals surface area contributed by atoms with Gasteiger partial charge < -0.3 is 9.72 Å². The molecule has 0 saturated carbocycles. The van der Waals surface area contributed by atoms with Crippen molar-refractivity contribution in [1.82, 2.24) is 4.98 Å². The second kappa shape index (κ2) is 6.57. The Bertz CT molecular complexity index is 1070. The molecule has 128 valence electrons. The van der Waals surface area contributed by atoms with Crippen molar-refractivity contribution in [1.29, 1.82) is 0 Å². The fourth-order valence-corrected chi connectivity index (χ4v) is 3.12. The van der Waals surface area contributed by atoms with E-state index in [1.54, 1.807) is 18.3 Å². The minimum absolute atomic E-state index is 0.169. The molecule has 1 heterocycles. The first-order valence-corrected chi connectivity index (χ1v) is 9.49. The highest BCUT2D eigenvalue weighted by atomic mass is 32.2. The molecule has 3 aromatic rings. The Morgan fingerprint density at radius 3 is 2.24 bits per heavy atom. The van der Waals surface area contributed by atoms with E-state index in [0.29, 0.717) is 11.5 Å². The van der Waals surface area contributed by atoms with Crippen LogP contribution in [0.3, 0.4) is 0 Å². The van der Waals surface area contributed by atoms with Gasteiger partial charge >= 0.3 is 0 Å². The summed E-state index contributed by atoms with van der Waals surface area (Å²) in [6.45, 7) is 1.94. The highest BCUT2D eigenvalue weighted by Gasteiger charge is 2.08. The Labute approximate surface area is 145 Å². The van der Waals surface area contributed by atoms with Crippen molar-refractivity contribution in [2.45, 2.75) is 11.8 Å². The van der Waals surface area contributed by atoms with Crippen LogP contribution in [0.1, 0.15) is 5.56 Å². The molecule has 0 fully saturated rings. The zero-order valence-electron chi connectivity index (χ0n) is 13.8. The quantitative estimate of drug-likeness (QED) is 0.776. The lowest BCUT2D eigenvalue weighted by Crippen LogP contribution is -2.02. The van der Waals surface area contributed by atoms with Crippen molar-refractivity contribution in [3.05, 3.63) is 76.7 Å². The Balaban J connectivity index is 1.92. The molecular weight excluding hydrogens is 338 g/mol. The fourth-order valence-electron chi connectivity index (χ4n) is 2.49. The van der Waals surface area contributed by atoms with Crippen LogP contribution < -0.4 is 10.3 Å². The Kier molecular flexibility index (Phi) is 4.46. The summed E-state index contributed by atoms with van der Waals surface area (Å²) >= 11 is 0. The van der Waals surface area contributed by atoms with Crippen molar-refractivity contribution in [3.63, 3.8) is 0 Å². The lowest BCUT2D eigenvalue weighted by Gasteiger charge is -2.10. The van der Waals surface area contributed by atoms with E-state index in [-0.39, 0.29) is 10.5 Å². The maximum atomic E-state index is 11.5. The molecule has 5 nitrogen and oxygen atoms in total. The van der Waals surface area contributed by atoms with Crippen LogP contribution in [-0.2, 0) is 9.84 Å². The molecule has 0 aliphatic carbocycles. The molecular formula is C19H17NO4S. The first-order chi connectivity index (χ1) is 11.8. The Morgan fingerprint density at radius 2 is 1.60 bits per heavy atom. The molecule has 0 aliphatic rings. The summed E-state index contributed by atoms with van der Waals surface area (Å²) < 4.78 is 28.9. The van der Waals surface area contributed by atoms with E-state index in [1.807, 2.05) is 31.2 Å². The number of hydrogen-bond acceptors (Lipinski definition) is 4. The highest BCUT2D eigenvalue weighted by molar-refractivity contribution is 7.90. The lowest BCUT2D eigenvalue weighted by molar-refractivity contribution is 0.482. The number of aryl methyl sites for hydroxylation is 1. The average Bonchev–Trinajstić information content (AvgIpc) is 2.54. The topological polar surface area (TPSA) is 76.2 Å². The Hall–Kier alpha value is -2.86. The predicted octanol–water partition coefficient (Wildman–Crippen LogP) is 3.55. The number of benzene rings is 2. The zero-order chi connectivity index (χ0) is 18.0. The van der Waals surface area contributed by atoms with Crippen LogP contribution in [0.15, 0.2) is 70.5 Å². The van der Waals surface area contributed by atoms with E-state index in [0.717, 1.165) is 22.9 Å². The molecule has 0 radical (unpaired) electrons. The Morgan fingerprint density at radius 1 is 0.880 bits per heavy atom. The number of ether oxygens (including phenoxy) is 1. The van der Waals surface area contributed by atoms with E-state index >= 15 is 0 Å². The molecule has 2 aromatic carbocycles. The molecule has 1 aromatic heterocycles. The number of hydrogen-bond donors (Lipinski definition) is 1. The molecule has 0 atom stereocenters. The number of H-pyrrole nitrogens is 1. The summed E-state index contributed by atoms with van der Waals surface area (Å²) in [6.07, 6.45) is 2.77. The molecule has 3 rings (SSSR count). The van der Waals surface area contributed by atoms with Gasteiger partial charge in [-0.05, 0) is 66.1 Å². The second-order valence-corrected chi connectivity index (χ2v) is 7.84. The summed E-state index contributed by atoms with van der Waals surface area (Å²) in [7, 11) is -3.23. The van der Waals surface area contributed by atoms with Gasteiger partial charge in [-0.2, -0.15) is 0 Å². The molecule has 6 heteroatoms. The van der Waals surface area contributed by atoms with E-state index in [9.17, 15) is 13.2 Å². The van der Waals surface area contributed by atoms with Gasteiger partial charge in [0.25, 0.3) is 0 Å². The van der Waals surface area contributed by atoms with E-state index < -0.39 is 9.84 Å². The van der Waals surface area contributed by atoms with Crippen LogP contribution in [0.2, 0.25) is 0 Å². The van der Waals surface area contributed by atoms with Gasteiger partial charge in [-0.25, -0.2) is 8.42 Å². The number of aromatic amines is 1. The minimum Gasteiger partial charge on any atom is -0.457 e. The molecule has 0 spiro atoms. The number of nitrogens with one attached hydrogen (secondary N) is 1. The molecule has 1 N–H and O–H groups in total. The maximum Gasteiger partial charge on any atom is 0.248 e. The van der Waals surface area contributed by atoms with Crippen molar-refractivity contribution >= 4 is 9.84 Å². The minimum atomic E-state index is -3.23. The average molecular weight is 355 g/mol. The van der Waals surface area contributed by atoms with Crippen LogP contribution in [0.4, 0.5) is 0 Å². The van der Waals surface area contributed by atoms with E-state index in [4.69, 9.17) is 4.74 Å². The second-order valence-electron chi connectivity index (χ2n) is 5.82. The van der Waals surface area contributed by atoms with Crippen LogP contribution in [-0.4, -0.2) is 19.7 Å². The van der Waals surface area contributed by atoms with Gasteiger partial charge in [-0.3, -0.25) is 4.79 Å². The largest absolute Gasteiger partial charge is 0.457 e. The summed E-state index contributed by atoms with van der Waals surface area (Å²) in [5.41, 5.74) is 2.48.